The third kappa shape index (κ3) is 5.47. The van der Waals surface area contributed by atoms with Crippen molar-refractivity contribution in [1.82, 2.24) is 4.98 Å². The van der Waals surface area contributed by atoms with Crippen LogP contribution in [0, 0.1) is 11.8 Å². The SMILES string of the molecule is C=CCOc1ccc(C(=O)Nc2cccc(C#Cc3ccccn3)c2)cc1OC. The molecule has 1 N–H and O–H groups in total. The highest BCUT2D eigenvalue weighted by Gasteiger charge is 2.11. The van der Waals surface area contributed by atoms with Gasteiger partial charge in [-0.15, -0.1) is 0 Å². The maximum atomic E-state index is 12.6. The fraction of sp³-hybridized carbons (Fsp3) is 0.0833. The summed E-state index contributed by atoms with van der Waals surface area (Å²) in [5, 5.41) is 2.88. The second-order valence-electron chi connectivity index (χ2n) is 5.97. The smallest absolute Gasteiger partial charge is 0.255 e. The van der Waals surface area contributed by atoms with Crippen molar-refractivity contribution in [2.24, 2.45) is 0 Å². The lowest BCUT2D eigenvalue weighted by Crippen LogP contribution is -2.12. The van der Waals surface area contributed by atoms with E-state index in [1.54, 1.807) is 30.5 Å². The van der Waals surface area contributed by atoms with Gasteiger partial charge in [0.15, 0.2) is 11.5 Å². The van der Waals surface area contributed by atoms with Gasteiger partial charge in [0.05, 0.1) is 7.11 Å². The summed E-state index contributed by atoms with van der Waals surface area (Å²) in [4.78, 5) is 16.8. The average molecular weight is 384 g/mol. The number of nitrogens with zero attached hydrogens (tertiary/aromatic N) is 1. The van der Waals surface area contributed by atoms with E-state index in [-0.39, 0.29) is 5.91 Å². The van der Waals surface area contributed by atoms with Crippen LogP contribution in [0.15, 0.2) is 79.5 Å². The van der Waals surface area contributed by atoms with Crippen LogP contribution in [0.25, 0.3) is 0 Å². The Bertz CT molecular complexity index is 1070. The fourth-order valence-electron chi connectivity index (χ4n) is 2.53. The summed E-state index contributed by atoms with van der Waals surface area (Å²) in [6, 6.07) is 17.9. The van der Waals surface area contributed by atoms with Crippen molar-refractivity contribution in [3.63, 3.8) is 0 Å². The number of methoxy groups -OCH3 is 1. The minimum atomic E-state index is -0.256. The van der Waals surface area contributed by atoms with Gasteiger partial charge in [0.1, 0.15) is 12.3 Å². The number of anilines is 1. The van der Waals surface area contributed by atoms with E-state index in [9.17, 15) is 4.79 Å². The zero-order valence-electron chi connectivity index (χ0n) is 16.0. The summed E-state index contributed by atoms with van der Waals surface area (Å²) in [5.41, 5.74) is 2.57. The quantitative estimate of drug-likeness (QED) is 0.508. The van der Waals surface area contributed by atoms with E-state index in [1.807, 2.05) is 42.5 Å². The molecule has 5 nitrogen and oxygen atoms in total. The van der Waals surface area contributed by atoms with E-state index in [0.29, 0.717) is 35.1 Å². The zero-order valence-corrected chi connectivity index (χ0v) is 16.0. The average Bonchev–Trinajstić information content (AvgIpc) is 2.77. The van der Waals surface area contributed by atoms with Crippen LogP contribution in [0.4, 0.5) is 5.69 Å². The first-order valence-corrected chi connectivity index (χ1v) is 8.96. The van der Waals surface area contributed by atoms with Crippen molar-refractivity contribution in [1.29, 1.82) is 0 Å². The first kappa shape index (κ1) is 19.7. The minimum absolute atomic E-state index is 0.256. The zero-order chi connectivity index (χ0) is 20.5. The Labute approximate surface area is 170 Å². The molecule has 0 aliphatic rings. The number of ether oxygens (including phenoxy) is 2. The van der Waals surface area contributed by atoms with Gasteiger partial charge in [-0.3, -0.25) is 4.79 Å². The molecule has 0 saturated heterocycles. The molecule has 29 heavy (non-hydrogen) atoms. The lowest BCUT2D eigenvalue weighted by Gasteiger charge is -2.11. The molecule has 0 aliphatic heterocycles. The molecule has 2 aromatic carbocycles. The van der Waals surface area contributed by atoms with Gasteiger partial charge in [0.25, 0.3) is 5.91 Å². The first-order valence-electron chi connectivity index (χ1n) is 8.96. The van der Waals surface area contributed by atoms with Gasteiger partial charge in [0, 0.05) is 23.0 Å². The largest absolute Gasteiger partial charge is 0.493 e. The van der Waals surface area contributed by atoms with Crippen molar-refractivity contribution < 1.29 is 14.3 Å². The van der Waals surface area contributed by atoms with Crippen LogP contribution >= 0.6 is 0 Å². The van der Waals surface area contributed by atoms with Gasteiger partial charge in [-0.1, -0.05) is 30.7 Å². The molecule has 1 heterocycles. The van der Waals surface area contributed by atoms with Crippen molar-refractivity contribution in [3.05, 3.63) is 96.3 Å². The summed E-state index contributed by atoms with van der Waals surface area (Å²) in [5.74, 6) is 6.83. The van der Waals surface area contributed by atoms with Gasteiger partial charge >= 0.3 is 0 Å². The normalized spacial score (nSPS) is 9.69. The summed E-state index contributed by atoms with van der Waals surface area (Å²) in [7, 11) is 1.53. The van der Waals surface area contributed by atoms with Crippen LogP contribution in [0.2, 0.25) is 0 Å². The number of rotatable bonds is 6. The summed E-state index contributed by atoms with van der Waals surface area (Å²) in [6.07, 6.45) is 3.34. The Hall–Kier alpha value is -4.04. The molecular weight excluding hydrogens is 364 g/mol. The molecule has 1 amide bonds. The maximum absolute atomic E-state index is 12.6. The Kier molecular flexibility index (Phi) is 6.64. The van der Waals surface area contributed by atoms with Crippen LogP contribution in [-0.2, 0) is 0 Å². The Morgan fingerprint density at radius 3 is 2.76 bits per heavy atom. The molecule has 0 atom stereocenters. The number of pyridine rings is 1. The molecule has 0 aliphatic carbocycles. The molecule has 0 unspecified atom stereocenters. The first-order chi connectivity index (χ1) is 14.2. The summed E-state index contributed by atoms with van der Waals surface area (Å²) in [6.45, 7) is 3.97. The van der Waals surface area contributed by atoms with Crippen molar-refractivity contribution in [2.75, 3.05) is 19.0 Å². The monoisotopic (exact) mass is 384 g/mol. The molecule has 0 saturated carbocycles. The van der Waals surface area contributed by atoms with Gasteiger partial charge in [-0.25, -0.2) is 4.98 Å². The van der Waals surface area contributed by atoms with E-state index in [1.165, 1.54) is 7.11 Å². The molecule has 3 rings (SSSR count). The van der Waals surface area contributed by atoms with Crippen LogP contribution in [0.1, 0.15) is 21.6 Å². The fourth-order valence-corrected chi connectivity index (χ4v) is 2.53. The molecule has 0 radical (unpaired) electrons. The molecule has 5 heteroatoms. The van der Waals surface area contributed by atoms with E-state index < -0.39 is 0 Å². The molecule has 1 aromatic heterocycles. The number of benzene rings is 2. The van der Waals surface area contributed by atoms with Crippen molar-refractivity contribution in [2.45, 2.75) is 0 Å². The predicted octanol–water partition coefficient (Wildman–Crippen LogP) is 4.31. The number of hydrogen-bond donors (Lipinski definition) is 1. The second kappa shape index (κ2) is 9.77. The van der Waals surface area contributed by atoms with Crippen LogP contribution in [0.5, 0.6) is 11.5 Å². The van der Waals surface area contributed by atoms with Crippen molar-refractivity contribution in [3.8, 4) is 23.3 Å². The Morgan fingerprint density at radius 1 is 1.10 bits per heavy atom. The van der Waals surface area contributed by atoms with Gasteiger partial charge in [-0.2, -0.15) is 0 Å². The number of amides is 1. The number of hydrogen-bond acceptors (Lipinski definition) is 4. The third-order valence-electron chi connectivity index (χ3n) is 3.90. The lowest BCUT2D eigenvalue weighted by molar-refractivity contribution is 0.102. The molecule has 144 valence electrons. The van der Waals surface area contributed by atoms with Gasteiger partial charge in [0.2, 0.25) is 0 Å². The second-order valence-corrected chi connectivity index (χ2v) is 5.97. The van der Waals surface area contributed by atoms with Gasteiger partial charge < -0.3 is 14.8 Å². The predicted molar refractivity (Wildman–Crippen MR) is 113 cm³/mol. The number of nitrogens with one attached hydrogen (secondary N) is 1. The Morgan fingerprint density at radius 2 is 2.00 bits per heavy atom. The highest BCUT2D eigenvalue weighted by Crippen LogP contribution is 2.28. The van der Waals surface area contributed by atoms with Crippen LogP contribution < -0.4 is 14.8 Å². The highest BCUT2D eigenvalue weighted by atomic mass is 16.5. The van der Waals surface area contributed by atoms with E-state index in [2.05, 4.69) is 28.7 Å². The van der Waals surface area contributed by atoms with Crippen LogP contribution in [0.3, 0.4) is 0 Å². The molecule has 3 aromatic rings. The number of carbonyl (C=O) groups excluding carboxylic acids is 1. The molecule has 0 bridgehead atoms. The number of aromatic nitrogens is 1. The standard InChI is InChI=1S/C24H20N2O3/c1-3-15-29-22-13-11-19(17-23(22)28-2)24(27)26-21-9-6-7-18(16-21)10-12-20-8-4-5-14-25-20/h3-9,11,13-14,16-17H,1,15H2,2H3,(H,26,27). The molecule has 0 fully saturated rings. The summed E-state index contributed by atoms with van der Waals surface area (Å²) >= 11 is 0. The maximum Gasteiger partial charge on any atom is 0.255 e. The van der Waals surface area contributed by atoms with Crippen molar-refractivity contribution >= 4 is 11.6 Å². The minimum Gasteiger partial charge on any atom is -0.493 e. The summed E-state index contributed by atoms with van der Waals surface area (Å²) < 4.78 is 10.8. The number of carbonyl (C=O) groups is 1. The highest BCUT2D eigenvalue weighted by molar-refractivity contribution is 6.04. The van der Waals surface area contributed by atoms with Gasteiger partial charge in [-0.05, 0) is 54.5 Å². The van der Waals surface area contributed by atoms with E-state index in [4.69, 9.17) is 9.47 Å². The molecular formula is C24H20N2O3. The van der Waals surface area contributed by atoms with E-state index in [0.717, 1.165) is 5.56 Å². The third-order valence-corrected chi connectivity index (χ3v) is 3.90. The van der Waals surface area contributed by atoms with Crippen LogP contribution in [-0.4, -0.2) is 24.6 Å². The Balaban J connectivity index is 1.74. The van der Waals surface area contributed by atoms with E-state index >= 15 is 0 Å². The topological polar surface area (TPSA) is 60.5 Å². The molecule has 0 spiro atoms. The lowest BCUT2D eigenvalue weighted by atomic mass is 10.1.